The van der Waals surface area contributed by atoms with E-state index in [4.69, 9.17) is 20.8 Å². The highest BCUT2D eigenvalue weighted by Gasteiger charge is 2.14. The fourth-order valence-electron chi connectivity index (χ4n) is 2.65. The number of carbonyl (C=O) groups is 1. The van der Waals surface area contributed by atoms with Crippen LogP contribution in [0.2, 0.25) is 5.02 Å². The molecule has 0 spiro atoms. The molecule has 0 bridgehead atoms. The van der Waals surface area contributed by atoms with Crippen LogP contribution in [0, 0.1) is 10.1 Å². The van der Waals surface area contributed by atoms with Gasteiger partial charge in [-0.3, -0.25) is 14.9 Å². The number of carbonyl (C=O) groups excluding carboxylic acids is 1. The first-order valence-corrected chi connectivity index (χ1v) is 9.42. The molecule has 0 fully saturated rings. The molecule has 0 radical (unpaired) electrons. The summed E-state index contributed by atoms with van der Waals surface area (Å²) < 4.78 is 11.0. The zero-order valence-corrected chi connectivity index (χ0v) is 16.8. The summed E-state index contributed by atoms with van der Waals surface area (Å²) in [6.07, 6.45) is 1.50. The second-order valence-corrected chi connectivity index (χ2v) is 6.58. The molecule has 0 saturated heterocycles. The van der Waals surface area contributed by atoms with E-state index in [0.29, 0.717) is 28.7 Å². The number of hydrogen-bond acceptors (Lipinski definition) is 6. The van der Waals surface area contributed by atoms with Crippen LogP contribution < -0.4 is 10.2 Å². The molecular formula is C21H18ClN3O5. The van der Waals surface area contributed by atoms with Gasteiger partial charge in [-0.15, -0.1) is 0 Å². The topological polar surface area (TPSA) is 107 Å². The highest BCUT2D eigenvalue weighted by Crippen LogP contribution is 2.32. The largest absolute Gasteiger partial charge is 0.494 e. The van der Waals surface area contributed by atoms with E-state index in [-0.39, 0.29) is 18.0 Å². The number of nitro groups is 1. The molecule has 1 amide bonds. The summed E-state index contributed by atoms with van der Waals surface area (Å²) in [5.74, 6) is 1.17. The Morgan fingerprint density at radius 1 is 1.23 bits per heavy atom. The van der Waals surface area contributed by atoms with Crippen molar-refractivity contribution < 1.29 is 18.9 Å². The third-order valence-electron chi connectivity index (χ3n) is 4.03. The Hall–Kier alpha value is -3.65. The molecule has 3 aromatic rings. The number of hydrazone groups is 1. The van der Waals surface area contributed by atoms with Gasteiger partial charge >= 0.3 is 0 Å². The second-order valence-electron chi connectivity index (χ2n) is 6.17. The van der Waals surface area contributed by atoms with Crippen molar-refractivity contribution in [3.05, 3.63) is 81.1 Å². The Kier molecular flexibility index (Phi) is 6.82. The van der Waals surface area contributed by atoms with Crippen molar-refractivity contribution in [2.24, 2.45) is 5.10 Å². The van der Waals surface area contributed by atoms with Gasteiger partial charge in [-0.05, 0) is 42.8 Å². The number of benzene rings is 2. The van der Waals surface area contributed by atoms with E-state index >= 15 is 0 Å². The number of amides is 1. The minimum atomic E-state index is -0.509. The third-order valence-corrected chi connectivity index (χ3v) is 4.36. The molecule has 1 aromatic heterocycles. The number of nitro benzene ring substituents is 1. The maximum Gasteiger partial charge on any atom is 0.270 e. The average Bonchev–Trinajstić information content (AvgIpc) is 3.18. The van der Waals surface area contributed by atoms with Gasteiger partial charge in [0.25, 0.3) is 5.69 Å². The summed E-state index contributed by atoms with van der Waals surface area (Å²) >= 11 is 6.11. The number of hydrogen-bond donors (Lipinski definition) is 1. The minimum Gasteiger partial charge on any atom is -0.494 e. The molecule has 30 heavy (non-hydrogen) atoms. The van der Waals surface area contributed by atoms with Crippen LogP contribution in [0.3, 0.4) is 0 Å². The Morgan fingerprint density at radius 3 is 2.70 bits per heavy atom. The number of nitrogens with zero attached hydrogens (tertiary/aromatic N) is 2. The highest BCUT2D eigenvalue weighted by molar-refractivity contribution is 6.33. The molecule has 0 unspecified atom stereocenters. The number of non-ortho nitro benzene ring substituents is 1. The van der Waals surface area contributed by atoms with Gasteiger partial charge in [-0.2, -0.15) is 5.10 Å². The maximum atomic E-state index is 12.0. The van der Waals surface area contributed by atoms with E-state index in [2.05, 4.69) is 10.5 Å². The standard InChI is InChI=1S/C21H18ClN3O5/c1-2-29-16-6-3-14(4-7-16)11-21(26)24-23-13-17-8-10-20(30-17)18-12-15(25(27)28)5-9-19(18)22/h3-10,12-13H,2,11H2,1H3,(H,24,26)/b23-13-. The van der Waals surface area contributed by atoms with Crippen LogP contribution in [0.5, 0.6) is 5.75 Å². The number of rotatable bonds is 8. The van der Waals surface area contributed by atoms with Gasteiger partial charge in [0.2, 0.25) is 5.91 Å². The molecule has 0 aliphatic heterocycles. The fraction of sp³-hybridized carbons (Fsp3) is 0.143. The first kappa shape index (κ1) is 21.1. The quantitative estimate of drug-likeness (QED) is 0.321. The molecule has 0 atom stereocenters. The van der Waals surface area contributed by atoms with Crippen LogP contribution in [0.25, 0.3) is 11.3 Å². The van der Waals surface area contributed by atoms with Gasteiger partial charge in [0, 0.05) is 17.7 Å². The Bertz CT molecular complexity index is 1080. The summed E-state index contributed by atoms with van der Waals surface area (Å²) in [7, 11) is 0. The van der Waals surface area contributed by atoms with E-state index in [1.807, 2.05) is 19.1 Å². The molecule has 154 valence electrons. The zero-order valence-electron chi connectivity index (χ0n) is 16.0. The van der Waals surface area contributed by atoms with Gasteiger partial charge in [0.15, 0.2) is 0 Å². The number of furan rings is 1. The molecule has 1 heterocycles. The van der Waals surface area contributed by atoms with Crippen molar-refractivity contribution in [1.29, 1.82) is 0 Å². The van der Waals surface area contributed by atoms with Crippen LogP contribution in [-0.2, 0) is 11.2 Å². The third kappa shape index (κ3) is 5.45. The molecule has 8 nitrogen and oxygen atoms in total. The first-order valence-electron chi connectivity index (χ1n) is 9.04. The number of nitrogens with one attached hydrogen (secondary N) is 1. The predicted molar refractivity (Wildman–Crippen MR) is 113 cm³/mol. The summed E-state index contributed by atoms with van der Waals surface area (Å²) in [5.41, 5.74) is 3.55. The Labute approximate surface area is 177 Å². The number of halogens is 1. The fourth-order valence-corrected chi connectivity index (χ4v) is 2.86. The van der Waals surface area contributed by atoms with Crippen LogP contribution in [0.15, 0.2) is 64.1 Å². The average molecular weight is 428 g/mol. The van der Waals surface area contributed by atoms with Crippen molar-refractivity contribution in [2.75, 3.05) is 6.61 Å². The van der Waals surface area contributed by atoms with Crippen molar-refractivity contribution in [3.63, 3.8) is 0 Å². The van der Waals surface area contributed by atoms with E-state index in [0.717, 1.165) is 11.3 Å². The van der Waals surface area contributed by atoms with Crippen molar-refractivity contribution in [3.8, 4) is 17.1 Å². The lowest BCUT2D eigenvalue weighted by Crippen LogP contribution is -2.19. The van der Waals surface area contributed by atoms with Crippen LogP contribution in [0.4, 0.5) is 5.69 Å². The monoisotopic (exact) mass is 427 g/mol. The molecular weight excluding hydrogens is 410 g/mol. The minimum absolute atomic E-state index is 0.0948. The lowest BCUT2D eigenvalue weighted by Gasteiger charge is -2.04. The molecule has 3 rings (SSSR count). The van der Waals surface area contributed by atoms with Gasteiger partial charge < -0.3 is 9.15 Å². The lowest BCUT2D eigenvalue weighted by molar-refractivity contribution is -0.384. The van der Waals surface area contributed by atoms with Crippen LogP contribution >= 0.6 is 11.6 Å². The SMILES string of the molecule is CCOc1ccc(CC(=O)N/N=C\c2ccc(-c3cc([N+](=O)[O-])ccc3Cl)o2)cc1. The summed E-state index contributed by atoms with van der Waals surface area (Å²) in [4.78, 5) is 22.5. The molecule has 9 heteroatoms. The molecule has 0 aliphatic rings. The maximum absolute atomic E-state index is 12.0. The molecule has 2 aromatic carbocycles. The molecule has 0 saturated carbocycles. The van der Waals surface area contributed by atoms with Crippen molar-refractivity contribution in [1.82, 2.24) is 5.43 Å². The van der Waals surface area contributed by atoms with Gasteiger partial charge in [-0.1, -0.05) is 23.7 Å². The van der Waals surface area contributed by atoms with E-state index < -0.39 is 4.92 Å². The van der Waals surface area contributed by atoms with E-state index in [9.17, 15) is 14.9 Å². The van der Waals surface area contributed by atoms with E-state index in [1.54, 1.807) is 24.3 Å². The lowest BCUT2D eigenvalue weighted by atomic mass is 10.1. The van der Waals surface area contributed by atoms with Gasteiger partial charge in [0.1, 0.15) is 17.3 Å². The number of ether oxygens (including phenoxy) is 1. The predicted octanol–water partition coefficient (Wildman–Crippen LogP) is 4.60. The zero-order chi connectivity index (χ0) is 21.5. The first-order chi connectivity index (χ1) is 14.5. The second kappa shape index (κ2) is 9.71. The van der Waals surface area contributed by atoms with Crippen LogP contribution in [0.1, 0.15) is 18.2 Å². The molecule has 0 aliphatic carbocycles. The summed E-state index contributed by atoms with van der Waals surface area (Å²) in [5, 5.41) is 15.1. The summed E-state index contributed by atoms with van der Waals surface area (Å²) in [6, 6.07) is 14.6. The van der Waals surface area contributed by atoms with Gasteiger partial charge in [0.05, 0.1) is 29.2 Å². The van der Waals surface area contributed by atoms with Crippen molar-refractivity contribution >= 4 is 29.4 Å². The van der Waals surface area contributed by atoms with Gasteiger partial charge in [-0.25, -0.2) is 5.43 Å². The van der Waals surface area contributed by atoms with Crippen molar-refractivity contribution in [2.45, 2.75) is 13.3 Å². The molecule has 1 N–H and O–H groups in total. The van der Waals surface area contributed by atoms with Crippen LogP contribution in [-0.4, -0.2) is 23.7 Å². The summed E-state index contributed by atoms with van der Waals surface area (Å²) in [6.45, 7) is 2.48. The smallest absolute Gasteiger partial charge is 0.270 e. The Balaban J connectivity index is 1.60. The highest BCUT2D eigenvalue weighted by atomic mass is 35.5. The normalized spacial score (nSPS) is 10.9. The van der Waals surface area contributed by atoms with E-state index in [1.165, 1.54) is 24.4 Å². The Morgan fingerprint density at radius 2 is 2.00 bits per heavy atom.